The van der Waals surface area contributed by atoms with Crippen LogP contribution in [0.2, 0.25) is 5.02 Å². The topological polar surface area (TPSA) is 83.0 Å². The molecule has 0 atom stereocenters. The van der Waals surface area contributed by atoms with E-state index in [9.17, 15) is 19.1 Å². The van der Waals surface area contributed by atoms with Crippen molar-refractivity contribution in [3.8, 4) is 5.75 Å². The highest BCUT2D eigenvalue weighted by atomic mass is 35.5. The highest BCUT2D eigenvalue weighted by Gasteiger charge is 2.34. The minimum absolute atomic E-state index is 0.0410. The lowest BCUT2D eigenvalue weighted by atomic mass is 10.0. The first-order valence-corrected chi connectivity index (χ1v) is 12.2. The Morgan fingerprint density at radius 1 is 1.08 bits per heavy atom. The lowest BCUT2D eigenvalue weighted by Crippen LogP contribution is -2.47. The summed E-state index contributed by atoms with van der Waals surface area (Å²) in [7, 11) is 0. The SMILES string of the molecule is Cc1ccc(OCc2ncccc2F)cc1N1Cc2c(Cl)cccc2N(Cc2ccccc2C(=O)O)C1=O. The van der Waals surface area contributed by atoms with Gasteiger partial charge < -0.3 is 9.84 Å². The standard InChI is InChI=1S/C29H23ClFN3O4/c1-18-11-12-20(38-17-25-24(31)9-5-13-32-25)14-27(18)34-16-22-23(30)8-4-10-26(22)33(29(34)37)15-19-6-2-3-7-21(19)28(35)36/h2-14H,15-17H2,1H3,(H,35,36). The molecule has 1 aliphatic heterocycles. The number of carbonyl (C=O) groups is 2. The molecule has 1 N–H and O–H groups in total. The molecule has 4 aromatic rings. The van der Waals surface area contributed by atoms with Crippen molar-refractivity contribution >= 4 is 35.0 Å². The third-order valence-corrected chi connectivity index (χ3v) is 6.77. The van der Waals surface area contributed by atoms with E-state index in [4.69, 9.17) is 16.3 Å². The Balaban J connectivity index is 1.50. The Labute approximate surface area is 223 Å². The zero-order chi connectivity index (χ0) is 26.8. The van der Waals surface area contributed by atoms with Crippen LogP contribution in [-0.2, 0) is 19.7 Å². The van der Waals surface area contributed by atoms with E-state index in [0.29, 0.717) is 27.7 Å². The summed E-state index contributed by atoms with van der Waals surface area (Å²) in [6, 6.07) is 19.7. The zero-order valence-corrected chi connectivity index (χ0v) is 21.2. The van der Waals surface area contributed by atoms with Gasteiger partial charge in [0.15, 0.2) is 0 Å². The van der Waals surface area contributed by atoms with Crippen LogP contribution in [0.15, 0.2) is 79.0 Å². The molecule has 9 heteroatoms. The maximum Gasteiger partial charge on any atom is 0.336 e. The number of aryl methyl sites for hydroxylation is 1. The second-order valence-electron chi connectivity index (χ2n) is 8.82. The number of nitrogens with zero attached hydrogens (tertiary/aromatic N) is 3. The molecular weight excluding hydrogens is 509 g/mol. The van der Waals surface area contributed by atoms with Gasteiger partial charge in [-0.2, -0.15) is 0 Å². The number of ether oxygens (including phenoxy) is 1. The van der Waals surface area contributed by atoms with Gasteiger partial charge in [0.1, 0.15) is 23.9 Å². The predicted octanol–water partition coefficient (Wildman–Crippen LogP) is 6.61. The number of aromatic carboxylic acids is 1. The average molecular weight is 532 g/mol. The Kier molecular flexibility index (Phi) is 6.98. The van der Waals surface area contributed by atoms with Gasteiger partial charge in [0.2, 0.25) is 0 Å². The van der Waals surface area contributed by atoms with E-state index < -0.39 is 11.8 Å². The van der Waals surface area contributed by atoms with Crippen molar-refractivity contribution in [3.63, 3.8) is 0 Å². The smallest absolute Gasteiger partial charge is 0.336 e. The van der Waals surface area contributed by atoms with Gasteiger partial charge in [-0.25, -0.2) is 14.0 Å². The molecule has 0 bridgehead atoms. The van der Waals surface area contributed by atoms with E-state index in [1.165, 1.54) is 29.3 Å². The van der Waals surface area contributed by atoms with Crippen LogP contribution in [0.5, 0.6) is 5.75 Å². The molecule has 0 unspecified atom stereocenters. The average Bonchev–Trinajstić information content (AvgIpc) is 2.91. The van der Waals surface area contributed by atoms with E-state index >= 15 is 0 Å². The number of urea groups is 1. The number of pyridine rings is 1. The molecule has 0 saturated carbocycles. The van der Waals surface area contributed by atoms with Crippen LogP contribution in [-0.4, -0.2) is 22.1 Å². The van der Waals surface area contributed by atoms with Gasteiger partial charge in [-0.1, -0.05) is 41.9 Å². The van der Waals surface area contributed by atoms with Crippen molar-refractivity contribution in [1.82, 2.24) is 4.98 Å². The molecule has 2 heterocycles. The minimum atomic E-state index is -1.07. The number of rotatable bonds is 7. The number of carboxylic acids is 1. The Bertz CT molecular complexity index is 1540. The van der Waals surface area contributed by atoms with Gasteiger partial charge in [-0.05, 0) is 54.4 Å². The highest BCUT2D eigenvalue weighted by Crippen LogP contribution is 2.38. The van der Waals surface area contributed by atoms with Crippen LogP contribution in [0, 0.1) is 12.7 Å². The van der Waals surface area contributed by atoms with E-state index in [0.717, 1.165) is 11.1 Å². The fourth-order valence-corrected chi connectivity index (χ4v) is 4.68. The number of benzene rings is 3. The zero-order valence-electron chi connectivity index (χ0n) is 20.4. The highest BCUT2D eigenvalue weighted by molar-refractivity contribution is 6.32. The van der Waals surface area contributed by atoms with Gasteiger partial charge in [-0.15, -0.1) is 0 Å². The third-order valence-electron chi connectivity index (χ3n) is 6.42. The summed E-state index contributed by atoms with van der Waals surface area (Å²) in [6.45, 7) is 2.05. The Morgan fingerprint density at radius 3 is 2.68 bits per heavy atom. The van der Waals surface area contributed by atoms with Crippen LogP contribution >= 0.6 is 11.6 Å². The summed E-state index contributed by atoms with van der Waals surface area (Å²) in [5.74, 6) is -1.09. The quantitative estimate of drug-likeness (QED) is 0.290. The number of carboxylic acid groups (broad SMARTS) is 1. The first kappa shape index (κ1) is 25.2. The number of anilines is 2. The molecule has 7 nitrogen and oxygen atoms in total. The second-order valence-corrected chi connectivity index (χ2v) is 9.23. The van der Waals surface area contributed by atoms with E-state index in [2.05, 4.69) is 4.98 Å². The molecule has 0 saturated heterocycles. The lowest BCUT2D eigenvalue weighted by molar-refractivity contribution is 0.0695. The molecule has 38 heavy (non-hydrogen) atoms. The van der Waals surface area contributed by atoms with E-state index in [1.54, 1.807) is 53.4 Å². The number of carbonyl (C=O) groups excluding carboxylic acids is 1. The van der Waals surface area contributed by atoms with E-state index in [-0.39, 0.29) is 37.0 Å². The molecule has 0 radical (unpaired) electrons. The van der Waals surface area contributed by atoms with Crippen molar-refractivity contribution in [2.24, 2.45) is 0 Å². The van der Waals surface area contributed by atoms with Crippen LogP contribution in [0.3, 0.4) is 0 Å². The van der Waals surface area contributed by atoms with Crippen molar-refractivity contribution < 1.29 is 23.8 Å². The van der Waals surface area contributed by atoms with Crippen LogP contribution in [0.1, 0.15) is 32.7 Å². The Hall–Kier alpha value is -4.43. The lowest BCUT2D eigenvalue weighted by Gasteiger charge is -2.38. The molecule has 5 rings (SSSR count). The summed E-state index contributed by atoms with van der Waals surface area (Å²) in [5, 5.41) is 10.2. The van der Waals surface area contributed by atoms with Gasteiger partial charge >= 0.3 is 12.0 Å². The fourth-order valence-electron chi connectivity index (χ4n) is 4.46. The molecule has 3 aromatic carbocycles. The molecule has 0 aliphatic carbocycles. The molecule has 0 spiro atoms. The molecule has 192 valence electrons. The number of fused-ring (bicyclic) bond motifs is 1. The van der Waals surface area contributed by atoms with Crippen molar-refractivity contribution in [2.75, 3.05) is 9.80 Å². The number of amides is 2. The van der Waals surface area contributed by atoms with Crippen molar-refractivity contribution in [2.45, 2.75) is 26.6 Å². The predicted molar refractivity (Wildman–Crippen MR) is 142 cm³/mol. The van der Waals surface area contributed by atoms with Crippen LogP contribution in [0.4, 0.5) is 20.6 Å². The summed E-state index contributed by atoms with van der Waals surface area (Å²) in [6.07, 6.45) is 1.49. The number of hydrogen-bond acceptors (Lipinski definition) is 4. The summed E-state index contributed by atoms with van der Waals surface area (Å²) in [4.78, 5) is 32.9. The number of aromatic nitrogens is 1. The van der Waals surface area contributed by atoms with Crippen LogP contribution in [0.25, 0.3) is 0 Å². The van der Waals surface area contributed by atoms with Gasteiger partial charge in [-0.3, -0.25) is 14.8 Å². The van der Waals surface area contributed by atoms with Crippen LogP contribution < -0.4 is 14.5 Å². The maximum absolute atomic E-state index is 14.0. The molecule has 1 aliphatic rings. The first-order valence-electron chi connectivity index (χ1n) is 11.8. The maximum atomic E-state index is 14.0. The van der Waals surface area contributed by atoms with Gasteiger partial charge in [0.05, 0.1) is 30.0 Å². The first-order chi connectivity index (χ1) is 18.3. The largest absolute Gasteiger partial charge is 0.487 e. The number of hydrogen-bond donors (Lipinski definition) is 1. The van der Waals surface area contributed by atoms with Crippen molar-refractivity contribution in [3.05, 3.63) is 118 Å². The molecule has 2 amide bonds. The fraction of sp³-hybridized carbons (Fsp3) is 0.138. The van der Waals surface area contributed by atoms with Crippen molar-refractivity contribution in [1.29, 1.82) is 0 Å². The number of halogens is 2. The minimum Gasteiger partial charge on any atom is -0.487 e. The Morgan fingerprint density at radius 2 is 1.89 bits per heavy atom. The molecular formula is C29H23ClFN3O4. The molecule has 1 aromatic heterocycles. The second kappa shape index (κ2) is 10.5. The van der Waals surface area contributed by atoms with Gasteiger partial charge in [0.25, 0.3) is 0 Å². The summed E-state index contributed by atoms with van der Waals surface area (Å²) in [5.41, 5.74) is 3.55. The normalized spacial score (nSPS) is 12.9. The molecule has 0 fully saturated rings. The summed E-state index contributed by atoms with van der Waals surface area (Å²) < 4.78 is 19.8. The van der Waals surface area contributed by atoms with E-state index in [1.807, 2.05) is 13.0 Å². The third kappa shape index (κ3) is 4.90. The van der Waals surface area contributed by atoms with Gasteiger partial charge in [0, 0.05) is 22.8 Å². The summed E-state index contributed by atoms with van der Waals surface area (Å²) >= 11 is 6.57. The monoisotopic (exact) mass is 531 g/mol.